The monoisotopic (exact) mass is 249 g/mol. The molecule has 1 N–H and O–H groups in total. The summed E-state index contributed by atoms with van der Waals surface area (Å²) in [5.41, 5.74) is 0. The van der Waals surface area contributed by atoms with E-state index in [0.29, 0.717) is 0 Å². The molecular weight excluding hydrogens is 225 g/mol. The van der Waals surface area contributed by atoms with Crippen LogP contribution in [0.1, 0.15) is 47.5 Å². The maximum Gasteiger partial charge on any atom is 0.350 e. The topological polar surface area (TPSA) is 47.6 Å². The van der Waals surface area contributed by atoms with Gasteiger partial charge in [-0.25, -0.2) is 0 Å². The number of rotatable bonds is 5. The molecule has 1 saturated heterocycles. The smallest absolute Gasteiger partial charge is 0.305 e. The van der Waals surface area contributed by atoms with Gasteiger partial charge >= 0.3 is 7.60 Å². The van der Waals surface area contributed by atoms with Gasteiger partial charge in [0, 0.05) is 0 Å². The molecule has 0 aromatic heterocycles. The first-order chi connectivity index (χ1) is 7.29. The van der Waals surface area contributed by atoms with Crippen molar-refractivity contribution in [1.82, 2.24) is 5.32 Å². The molecular formula is C11H24NO3P. The molecule has 1 fully saturated rings. The summed E-state index contributed by atoms with van der Waals surface area (Å²) in [6.45, 7) is 10.3. The molecule has 96 valence electrons. The largest absolute Gasteiger partial charge is 0.350 e. The zero-order chi connectivity index (χ0) is 12.4. The molecule has 0 radical (unpaired) electrons. The molecule has 0 amide bonds. The first-order valence-corrected chi connectivity index (χ1v) is 7.55. The van der Waals surface area contributed by atoms with E-state index in [0.717, 1.165) is 19.4 Å². The summed E-state index contributed by atoms with van der Waals surface area (Å²) in [7, 11) is -3.10. The van der Waals surface area contributed by atoms with Crippen molar-refractivity contribution in [2.24, 2.45) is 0 Å². The van der Waals surface area contributed by atoms with Gasteiger partial charge in [0.25, 0.3) is 0 Å². The maximum absolute atomic E-state index is 12.9. The summed E-state index contributed by atoms with van der Waals surface area (Å²) in [6, 6.07) is 0. The molecule has 0 spiro atoms. The van der Waals surface area contributed by atoms with Gasteiger partial charge in [0.2, 0.25) is 0 Å². The van der Waals surface area contributed by atoms with Gasteiger partial charge < -0.3 is 14.4 Å². The highest BCUT2D eigenvalue weighted by atomic mass is 31.2. The summed E-state index contributed by atoms with van der Waals surface area (Å²) >= 11 is 0. The highest BCUT2D eigenvalue weighted by Gasteiger charge is 2.50. The van der Waals surface area contributed by atoms with Crippen LogP contribution in [0.25, 0.3) is 0 Å². The van der Waals surface area contributed by atoms with Crippen LogP contribution in [0, 0.1) is 0 Å². The zero-order valence-corrected chi connectivity index (χ0v) is 11.8. The van der Waals surface area contributed by atoms with E-state index in [9.17, 15) is 4.57 Å². The molecule has 1 aliphatic heterocycles. The minimum absolute atomic E-state index is 0.0937. The fraction of sp³-hybridized carbons (Fsp3) is 1.00. The molecule has 1 heterocycles. The summed E-state index contributed by atoms with van der Waals surface area (Å²) in [5.74, 6) is 0. The van der Waals surface area contributed by atoms with Crippen molar-refractivity contribution in [2.75, 3.05) is 6.54 Å². The third-order valence-electron chi connectivity index (χ3n) is 2.65. The summed E-state index contributed by atoms with van der Waals surface area (Å²) in [6.07, 6.45) is 1.67. The second-order valence-electron chi connectivity index (χ2n) is 5.11. The van der Waals surface area contributed by atoms with Crippen molar-refractivity contribution < 1.29 is 13.6 Å². The van der Waals surface area contributed by atoms with Crippen LogP contribution in [0.2, 0.25) is 0 Å². The minimum Gasteiger partial charge on any atom is -0.305 e. The number of hydrogen-bond acceptors (Lipinski definition) is 4. The van der Waals surface area contributed by atoms with Gasteiger partial charge in [-0.05, 0) is 54.0 Å². The standard InChI is InChI=1S/C11H24NO3P/c1-9(2)14-16(13,15-10(3)4)11(5)7-6-8-12-11/h9-10,12H,6-8H2,1-5H3. The van der Waals surface area contributed by atoms with E-state index in [4.69, 9.17) is 9.05 Å². The van der Waals surface area contributed by atoms with Crippen molar-refractivity contribution in [3.63, 3.8) is 0 Å². The van der Waals surface area contributed by atoms with Gasteiger partial charge in [-0.3, -0.25) is 4.57 Å². The van der Waals surface area contributed by atoms with E-state index < -0.39 is 12.9 Å². The predicted octanol–water partition coefficient (Wildman–Crippen LogP) is 3.13. The van der Waals surface area contributed by atoms with Crippen LogP contribution in [-0.2, 0) is 13.6 Å². The van der Waals surface area contributed by atoms with Gasteiger partial charge in [-0.2, -0.15) is 0 Å². The Morgan fingerprint density at radius 1 is 1.19 bits per heavy atom. The number of hydrogen-bond donors (Lipinski definition) is 1. The highest BCUT2D eigenvalue weighted by Crippen LogP contribution is 2.62. The van der Waals surface area contributed by atoms with Gasteiger partial charge in [0.15, 0.2) is 0 Å². The van der Waals surface area contributed by atoms with Gasteiger partial charge in [-0.15, -0.1) is 0 Å². The lowest BCUT2D eigenvalue weighted by atomic mass is 10.2. The summed E-state index contributed by atoms with van der Waals surface area (Å²) in [5, 5.41) is 2.74. The van der Waals surface area contributed by atoms with Crippen LogP contribution >= 0.6 is 7.60 Å². The summed E-state index contributed by atoms with van der Waals surface area (Å²) in [4.78, 5) is 0. The quantitative estimate of drug-likeness (QED) is 0.760. The van der Waals surface area contributed by atoms with E-state index in [1.807, 2.05) is 34.6 Å². The zero-order valence-electron chi connectivity index (χ0n) is 10.9. The van der Waals surface area contributed by atoms with E-state index in [-0.39, 0.29) is 12.2 Å². The van der Waals surface area contributed by atoms with Gasteiger partial charge in [-0.1, -0.05) is 0 Å². The average molecular weight is 249 g/mol. The predicted molar refractivity (Wildman–Crippen MR) is 65.7 cm³/mol. The van der Waals surface area contributed by atoms with Crippen molar-refractivity contribution in [3.8, 4) is 0 Å². The van der Waals surface area contributed by atoms with E-state index in [1.165, 1.54) is 0 Å². The lowest BCUT2D eigenvalue weighted by Gasteiger charge is -2.35. The second kappa shape index (κ2) is 5.18. The van der Waals surface area contributed by atoms with Gasteiger partial charge in [0.1, 0.15) is 5.28 Å². The Labute approximate surface area is 98.6 Å². The van der Waals surface area contributed by atoms with Crippen LogP contribution in [0.3, 0.4) is 0 Å². The molecule has 1 aliphatic rings. The van der Waals surface area contributed by atoms with Crippen LogP contribution in [0.4, 0.5) is 0 Å². The molecule has 0 aromatic rings. The lowest BCUT2D eigenvalue weighted by molar-refractivity contribution is 0.124. The molecule has 1 unspecified atom stereocenters. The first-order valence-electron chi connectivity index (χ1n) is 6.01. The highest BCUT2D eigenvalue weighted by molar-refractivity contribution is 7.55. The van der Waals surface area contributed by atoms with E-state index in [2.05, 4.69) is 5.32 Å². The first kappa shape index (κ1) is 14.2. The van der Waals surface area contributed by atoms with Crippen LogP contribution in [-0.4, -0.2) is 24.0 Å². The Morgan fingerprint density at radius 2 is 1.69 bits per heavy atom. The maximum atomic E-state index is 12.9. The van der Waals surface area contributed by atoms with Crippen molar-refractivity contribution in [2.45, 2.75) is 64.9 Å². The molecule has 0 aliphatic carbocycles. The molecule has 0 aromatic carbocycles. The van der Waals surface area contributed by atoms with E-state index >= 15 is 0 Å². The van der Waals surface area contributed by atoms with Crippen LogP contribution in [0.15, 0.2) is 0 Å². The lowest BCUT2D eigenvalue weighted by Crippen LogP contribution is -2.38. The third-order valence-corrected chi connectivity index (χ3v) is 5.64. The Morgan fingerprint density at radius 3 is 2.00 bits per heavy atom. The van der Waals surface area contributed by atoms with Crippen LogP contribution in [0.5, 0.6) is 0 Å². The third kappa shape index (κ3) is 3.07. The Kier molecular flexibility index (Phi) is 4.58. The molecule has 0 saturated carbocycles. The molecule has 1 atom stereocenters. The van der Waals surface area contributed by atoms with Gasteiger partial charge in [0.05, 0.1) is 12.2 Å². The molecule has 1 rings (SSSR count). The average Bonchev–Trinajstić information content (AvgIpc) is 2.50. The van der Waals surface area contributed by atoms with Crippen molar-refractivity contribution in [1.29, 1.82) is 0 Å². The fourth-order valence-electron chi connectivity index (χ4n) is 1.93. The van der Waals surface area contributed by atoms with Crippen LogP contribution < -0.4 is 5.32 Å². The second-order valence-corrected chi connectivity index (χ2v) is 7.51. The Balaban J connectivity index is 2.89. The molecule has 16 heavy (non-hydrogen) atoms. The van der Waals surface area contributed by atoms with Crippen molar-refractivity contribution in [3.05, 3.63) is 0 Å². The van der Waals surface area contributed by atoms with E-state index in [1.54, 1.807) is 0 Å². The Hall–Kier alpha value is 0.110. The number of nitrogens with one attached hydrogen (secondary N) is 1. The summed E-state index contributed by atoms with van der Waals surface area (Å²) < 4.78 is 24.1. The fourth-order valence-corrected chi connectivity index (χ4v) is 4.29. The SMILES string of the molecule is CC(C)OP(=O)(OC(C)C)C1(C)CCCN1. The molecule has 0 bridgehead atoms. The minimum atomic E-state index is -3.10. The Bertz CT molecular complexity index is 258. The molecule has 5 heteroatoms. The normalized spacial score (nSPS) is 26.9. The molecule has 4 nitrogen and oxygen atoms in total. The van der Waals surface area contributed by atoms with Crippen molar-refractivity contribution >= 4 is 7.60 Å².